The number of nitrogens with one attached hydrogen (secondary N) is 1. The molecule has 5 nitrogen and oxygen atoms in total. The van der Waals surface area contributed by atoms with Gasteiger partial charge in [-0.15, -0.1) is 0 Å². The molecule has 0 aromatic heterocycles. The van der Waals surface area contributed by atoms with Crippen molar-refractivity contribution < 1.29 is 10.2 Å². The predicted octanol–water partition coefficient (Wildman–Crippen LogP) is 2.42. The van der Waals surface area contributed by atoms with Crippen LogP contribution in [0.2, 0.25) is 0 Å². The molecule has 3 N–H and O–H groups in total. The Labute approximate surface area is 110 Å². The molecule has 2 rings (SSSR count). The monoisotopic (exact) mass is 253 g/mol. The molecule has 0 bridgehead atoms. The van der Waals surface area contributed by atoms with Crippen molar-refractivity contribution in [3.63, 3.8) is 0 Å². The topological polar surface area (TPSA) is 88.6 Å². The summed E-state index contributed by atoms with van der Waals surface area (Å²) in [4.78, 5) is 0. The van der Waals surface area contributed by atoms with Gasteiger partial charge in [-0.2, -0.15) is 10.4 Å². The van der Waals surface area contributed by atoms with E-state index in [0.29, 0.717) is 16.8 Å². The Balaban J connectivity index is 2.09. The quantitative estimate of drug-likeness (QED) is 0.579. The highest BCUT2D eigenvalue weighted by Crippen LogP contribution is 2.20. The fraction of sp³-hybridized carbons (Fsp3) is 0. The molecule has 0 aliphatic rings. The summed E-state index contributed by atoms with van der Waals surface area (Å²) in [5.74, 6) is -0.0688. The lowest BCUT2D eigenvalue weighted by molar-refractivity contribution is 0.450. The molecule has 0 aliphatic heterocycles. The van der Waals surface area contributed by atoms with E-state index >= 15 is 0 Å². The average Bonchev–Trinajstić information content (AvgIpc) is 2.41. The molecule has 0 atom stereocenters. The third kappa shape index (κ3) is 3.23. The molecule has 19 heavy (non-hydrogen) atoms. The van der Waals surface area contributed by atoms with Crippen molar-refractivity contribution in [2.45, 2.75) is 0 Å². The van der Waals surface area contributed by atoms with Crippen molar-refractivity contribution in [2.75, 3.05) is 5.43 Å². The molecule has 94 valence electrons. The normalized spacial score (nSPS) is 10.3. The summed E-state index contributed by atoms with van der Waals surface area (Å²) in [6.45, 7) is 0. The number of phenolic OH excluding ortho intramolecular Hbond substituents is 2. The first-order valence-electron chi connectivity index (χ1n) is 5.50. The van der Waals surface area contributed by atoms with E-state index in [0.717, 1.165) is 0 Å². The number of nitrogens with zero attached hydrogens (tertiary/aromatic N) is 2. The maximum absolute atomic E-state index is 9.55. The molecule has 0 amide bonds. The summed E-state index contributed by atoms with van der Waals surface area (Å²) in [5.41, 5.74) is 4.44. The minimum absolute atomic E-state index is 0.00988. The van der Waals surface area contributed by atoms with Gasteiger partial charge in [0.05, 0.1) is 23.5 Å². The Bertz CT molecular complexity index is 660. The third-order valence-corrected chi connectivity index (χ3v) is 2.40. The molecule has 0 saturated heterocycles. The maximum atomic E-state index is 9.55. The minimum Gasteiger partial charge on any atom is -0.508 e. The average molecular weight is 253 g/mol. The number of nitriles is 1. The molecular formula is C14H11N3O2. The first kappa shape index (κ1) is 12.5. The van der Waals surface area contributed by atoms with Crippen LogP contribution >= 0.6 is 0 Å². The van der Waals surface area contributed by atoms with Crippen molar-refractivity contribution in [3.8, 4) is 17.6 Å². The van der Waals surface area contributed by atoms with Gasteiger partial charge in [-0.1, -0.05) is 6.07 Å². The van der Waals surface area contributed by atoms with Gasteiger partial charge in [0.1, 0.15) is 11.5 Å². The highest BCUT2D eigenvalue weighted by molar-refractivity contribution is 5.84. The smallest absolute Gasteiger partial charge is 0.128 e. The molecule has 0 spiro atoms. The number of hydrogen-bond donors (Lipinski definition) is 3. The van der Waals surface area contributed by atoms with Gasteiger partial charge in [-0.05, 0) is 30.3 Å². The van der Waals surface area contributed by atoms with Crippen molar-refractivity contribution in [1.82, 2.24) is 0 Å². The van der Waals surface area contributed by atoms with Crippen molar-refractivity contribution in [2.24, 2.45) is 5.10 Å². The number of anilines is 1. The number of phenols is 2. The minimum atomic E-state index is -0.0590. The largest absolute Gasteiger partial charge is 0.508 e. The number of hydrazone groups is 1. The Hall–Kier alpha value is -3.00. The first-order chi connectivity index (χ1) is 9.19. The van der Waals surface area contributed by atoms with Crippen LogP contribution in [-0.2, 0) is 0 Å². The molecule has 0 aliphatic carbocycles. The standard InChI is InChI=1S/C14H11N3O2/c15-8-10-2-1-3-12(6-10)17-16-9-11-4-5-13(18)7-14(11)19/h1-7,9,17-19H/b16-9+. The summed E-state index contributed by atoms with van der Waals surface area (Å²) < 4.78 is 0. The molecule has 2 aromatic rings. The zero-order chi connectivity index (χ0) is 13.7. The van der Waals surface area contributed by atoms with E-state index in [4.69, 9.17) is 10.4 Å². The van der Waals surface area contributed by atoms with E-state index < -0.39 is 0 Å². The van der Waals surface area contributed by atoms with Gasteiger partial charge in [-0.3, -0.25) is 5.43 Å². The van der Waals surface area contributed by atoms with Gasteiger partial charge in [0.15, 0.2) is 0 Å². The Kier molecular flexibility index (Phi) is 3.64. The summed E-state index contributed by atoms with van der Waals surface area (Å²) >= 11 is 0. The molecular weight excluding hydrogens is 242 g/mol. The number of rotatable bonds is 3. The van der Waals surface area contributed by atoms with E-state index in [9.17, 15) is 5.11 Å². The van der Waals surface area contributed by atoms with Crippen LogP contribution in [0.3, 0.4) is 0 Å². The highest BCUT2D eigenvalue weighted by atomic mass is 16.3. The van der Waals surface area contributed by atoms with Gasteiger partial charge < -0.3 is 10.2 Å². The number of hydrogen-bond acceptors (Lipinski definition) is 5. The van der Waals surface area contributed by atoms with Gasteiger partial charge in [0.2, 0.25) is 0 Å². The van der Waals surface area contributed by atoms with E-state index in [1.807, 2.05) is 6.07 Å². The van der Waals surface area contributed by atoms with E-state index in [2.05, 4.69) is 10.5 Å². The van der Waals surface area contributed by atoms with Crippen LogP contribution in [0.1, 0.15) is 11.1 Å². The molecule has 0 saturated carbocycles. The van der Waals surface area contributed by atoms with Crippen molar-refractivity contribution in [3.05, 3.63) is 53.6 Å². The summed E-state index contributed by atoms with van der Waals surface area (Å²) in [6, 6.07) is 13.1. The third-order valence-electron chi connectivity index (χ3n) is 2.40. The fourth-order valence-electron chi connectivity index (χ4n) is 1.48. The van der Waals surface area contributed by atoms with E-state index in [1.165, 1.54) is 18.3 Å². The van der Waals surface area contributed by atoms with Crippen LogP contribution in [0.4, 0.5) is 5.69 Å². The molecule has 0 radical (unpaired) electrons. The van der Waals surface area contributed by atoms with Crippen molar-refractivity contribution >= 4 is 11.9 Å². The van der Waals surface area contributed by atoms with Crippen LogP contribution in [-0.4, -0.2) is 16.4 Å². The lowest BCUT2D eigenvalue weighted by Gasteiger charge is -2.01. The summed E-state index contributed by atoms with van der Waals surface area (Å²) in [5, 5.41) is 31.4. The number of aromatic hydroxyl groups is 2. The second kappa shape index (κ2) is 5.56. The molecule has 0 fully saturated rings. The Morgan fingerprint density at radius 1 is 1.16 bits per heavy atom. The fourth-order valence-corrected chi connectivity index (χ4v) is 1.48. The second-order valence-electron chi connectivity index (χ2n) is 3.81. The zero-order valence-corrected chi connectivity index (χ0v) is 9.91. The lowest BCUT2D eigenvalue weighted by Crippen LogP contribution is -1.91. The van der Waals surface area contributed by atoms with Crippen LogP contribution in [0, 0.1) is 11.3 Å². The van der Waals surface area contributed by atoms with Crippen LogP contribution in [0.25, 0.3) is 0 Å². The Morgan fingerprint density at radius 3 is 2.74 bits per heavy atom. The summed E-state index contributed by atoms with van der Waals surface area (Å²) in [6.07, 6.45) is 1.42. The van der Waals surface area contributed by atoms with Gasteiger partial charge >= 0.3 is 0 Å². The Morgan fingerprint density at radius 2 is 2.00 bits per heavy atom. The highest BCUT2D eigenvalue weighted by Gasteiger charge is 1.99. The predicted molar refractivity (Wildman–Crippen MR) is 72.1 cm³/mol. The SMILES string of the molecule is N#Cc1cccc(N/N=C/c2ccc(O)cc2O)c1. The maximum Gasteiger partial charge on any atom is 0.128 e. The lowest BCUT2D eigenvalue weighted by atomic mass is 10.2. The van der Waals surface area contributed by atoms with E-state index in [1.54, 1.807) is 30.3 Å². The second-order valence-corrected chi connectivity index (χ2v) is 3.81. The first-order valence-corrected chi connectivity index (χ1v) is 5.50. The molecule has 0 unspecified atom stereocenters. The van der Waals surface area contributed by atoms with E-state index in [-0.39, 0.29) is 11.5 Å². The van der Waals surface area contributed by atoms with Crippen LogP contribution < -0.4 is 5.43 Å². The zero-order valence-electron chi connectivity index (χ0n) is 9.91. The summed E-state index contributed by atoms with van der Waals surface area (Å²) in [7, 11) is 0. The van der Waals surface area contributed by atoms with Gasteiger partial charge in [-0.25, -0.2) is 0 Å². The van der Waals surface area contributed by atoms with Gasteiger partial charge in [0.25, 0.3) is 0 Å². The van der Waals surface area contributed by atoms with Crippen molar-refractivity contribution in [1.29, 1.82) is 5.26 Å². The molecule has 2 aromatic carbocycles. The number of benzene rings is 2. The van der Waals surface area contributed by atoms with Crippen LogP contribution in [0.5, 0.6) is 11.5 Å². The molecule has 0 heterocycles. The molecule has 5 heteroatoms. The van der Waals surface area contributed by atoms with Gasteiger partial charge in [0, 0.05) is 11.6 Å². The van der Waals surface area contributed by atoms with Crippen LogP contribution in [0.15, 0.2) is 47.6 Å².